The van der Waals surface area contributed by atoms with Gasteiger partial charge in [0.1, 0.15) is 13.2 Å². The first-order valence-corrected chi connectivity index (χ1v) is 9.62. The fourth-order valence-electron chi connectivity index (χ4n) is 2.46. The molecule has 0 unspecified atom stereocenters. The highest BCUT2D eigenvalue weighted by molar-refractivity contribution is 8.00. The van der Waals surface area contributed by atoms with Crippen molar-refractivity contribution in [2.24, 2.45) is 0 Å². The average Bonchev–Trinajstić information content (AvgIpc) is 2.71. The third kappa shape index (κ3) is 6.28. The van der Waals surface area contributed by atoms with E-state index in [-0.39, 0.29) is 11.7 Å². The number of hydrogen-bond acceptors (Lipinski definition) is 6. The van der Waals surface area contributed by atoms with Gasteiger partial charge in [-0.25, -0.2) is 4.79 Å². The molecule has 2 aromatic rings. The molecule has 0 aliphatic carbocycles. The number of thioether (sulfide) groups is 1. The maximum absolute atomic E-state index is 12.2. The third-order valence-corrected chi connectivity index (χ3v) is 4.67. The van der Waals surface area contributed by atoms with Gasteiger partial charge in [0, 0.05) is 34.5 Å². The zero-order valence-electron chi connectivity index (χ0n) is 15.2. The molecule has 0 atom stereocenters. The van der Waals surface area contributed by atoms with Gasteiger partial charge in [-0.2, -0.15) is 0 Å². The van der Waals surface area contributed by atoms with Gasteiger partial charge in [-0.1, -0.05) is 6.07 Å². The van der Waals surface area contributed by atoms with E-state index in [0.29, 0.717) is 36.1 Å². The lowest BCUT2D eigenvalue weighted by molar-refractivity contribution is -0.131. The van der Waals surface area contributed by atoms with Gasteiger partial charge >= 0.3 is 5.97 Å². The molecule has 0 bridgehead atoms. The number of carboxylic acids is 1. The second-order valence-electron chi connectivity index (χ2n) is 5.88. The first kappa shape index (κ1) is 20.3. The second-order valence-corrected chi connectivity index (χ2v) is 6.93. The molecule has 1 heterocycles. The third-order valence-electron chi connectivity index (χ3n) is 3.67. The summed E-state index contributed by atoms with van der Waals surface area (Å²) in [6.07, 6.45) is 1.69. The number of nitrogens with one attached hydrogen (secondary N) is 2. The van der Waals surface area contributed by atoms with Crippen LogP contribution in [0.1, 0.15) is 0 Å². The van der Waals surface area contributed by atoms with Crippen LogP contribution in [0.3, 0.4) is 0 Å². The van der Waals surface area contributed by atoms with Crippen LogP contribution in [-0.4, -0.2) is 41.9 Å². The molecule has 1 aliphatic heterocycles. The van der Waals surface area contributed by atoms with Crippen molar-refractivity contribution in [3.05, 3.63) is 54.6 Å². The van der Waals surface area contributed by atoms with E-state index in [2.05, 4.69) is 10.6 Å². The Morgan fingerprint density at radius 1 is 0.966 bits per heavy atom. The van der Waals surface area contributed by atoms with E-state index < -0.39 is 11.9 Å². The lowest BCUT2D eigenvalue weighted by Gasteiger charge is -2.19. The Bertz CT molecular complexity index is 960. The molecular weight excluding hydrogens is 396 g/mol. The Morgan fingerprint density at radius 3 is 2.52 bits per heavy atom. The van der Waals surface area contributed by atoms with Crippen LogP contribution >= 0.6 is 11.8 Å². The summed E-state index contributed by atoms with van der Waals surface area (Å²) in [5.74, 6) is -0.516. The van der Waals surface area contributed by atoms with Gasteiger partial charge in [-0.15, -0.1) is 11.8 Å². The largest absolute Gasteiger partial charge is 0.486 e. The summed E-state index contributed by atoms with van der Waals surface area (Å²) in [5.41, 5.74) is 1.12. The number of fused-ring (bicyclic) bond motifs is 1. The minimum Gasteiger partial charge on any atom is -0.486 e. The molecule has 0 radical (unpaired) electrons. The van der Waals surface area contributed by atoms with E-state index in [4.69, 9.17) is 14.6 Å². The number of carbonyl (C=O) groups is 3. The van der Waals surface area contributed by atoms with Crippen LogP contribution in [-0.2, 0) is 14.4 Å². The first-order valence-electron chi connectivity index (χ1n) is 8.64. The normalized spacial score (nSPS) is 12.4. The minimum absolute atomic E-state index is 0.171. The van der Waals surface area contributed by atoms with Gasteiger partial charge in [0.05, 0.1) is 5.75 Å². The van der Waals surface area contributed by atoms with Gasteiger partial charge in [0.2, 0.25) is 11.8 Å². The van der Waals surface area contributed by atoms with E-state index in [1.54, 1.807) is 36.4 Å². The molecule has 0 saturated heterocycles. The van der Waals surface area contributed by atoms with Crippen molar-refractivity contribution in [3.8, 4) is 11.5 Å². The number of hydrogen-bond donors (Lipinski definition) is 3. The van der Waals surface area contributed by atoms with Gasteiger partial charge in [0.15, 0.2) is 11.5 Å². The fraction of sp³-hybridized carbons (Fsp3) is 0.150. The number of benzene rings is 2. The molecule has 3 N–H and O–H groups in total. The van der Waals surface area contributed by atoms with Gasteiger partial charge in [-0.3, -0.25) is 9.59 Å². The number of amides is 2. The molecule has 2 aromatic carbocycles. The number of ether oxygens (including phenoxy) is 2. The van der Waals surface area contributed by atoms with Crippen molar-refractivity contribution >= 4 is 40.9 Å². The van der Waals surface area contributed by atoms with E-state index in [1.165, 1.54) is 11.8 Å². The van der Waals surface area contributed by atoms with Crippen molar-refractivity contribution in [2.75, 3.05) is 29.6 Å². The standard InChI is InChI=1S/C20H18N2O6S/c23-18(6-7-20(25)26)21-13-2-1-3-15(10-13)29-12-19(24)22-14-4-5-16-17(11-14)28-9-8-27-16/h1-7,10-11H,8-9,12H2,(H,21,23)(H,22,24)(H,25,26)/b7-6+. The summed E-state index contributed by atoms with van der Waals surface area (Å²) >= 11 is 1.30. The highest BCUT2D eigenvalue weighted by Gasteiger charge is 2.13. The Balaban J connectivity index is 1.52. The van der Waals surface area contributed by atoms with Gasteiger partial charge in [-0.05, 0) is 30.3 Å². The van der Waals surface area contributed by atoms with Gasteiger partial charge in [0.25, 0.3) is 0 Å². The smallest absolute Gasteiger partial charge is 0.328 e. The van der Waals surface area contributed by atoms with E-state index in [0.717, 1.165) is 17.0 Å². The Labute approximate surface area is 170 Å². The molecule has 0 fully saturated rings. The molecule has 9 heteroatoms. The highest BCUT2D eigenvalue weighted by atomic mass is 32.2. The Morgan fingerprint density at radius 2 is 1.72 bits per heavy atom. The van der Waals surface area contributed by atoms with Crippen molar-refractivity contribution in [1.82, 2.24) is 0 Å². The van der Waals surface area contributed by atoms with Crippen LogP contribution in [0, 0.1) is 0 Å². The van der Waals surface area contributed by atoms with Crippen molar-refractivity contribution < 1.29 is 29.0 Å². The zero-order chi connectivity index (χ0) is 20.6. The fourth-order valence-corrected chi connectivity index (χ4v) is 3.22. The predicted octanol–water partition coefficient (Wildman–Crippen LogP) is 2.77. The molecule has 0 spiro atoms. The molecule has 0 saturated carbocycles. The van der Waals surface area contributed by atoms with Crippen LogP contribution < -0.4 is 20.1 Å². The van der Waals surface area contributed by atoms with E-state index in [1.807, 2.05) is 6.07 Å². The summed E-state index contributed by atoms with van der Waals surface area (Å²) in [6, 6.07) is 12.1. The molecule has 29 heavy (non-hydrogen) atoms. The van der Waals surface area contributed by atoms with Crippen LogP contribution in [0.15, 0.2) is 59.5 Å². The quantitative estimate of drug-likeness (QED) is 0.471. The zero-order valence-corrected chi connectivity index (χ0v) is 16.0. The molecule has 150 valence electrons. The molecule has 0 aromatic heterocycles. The molecule has 3 rings (SSSR count). The highest BCUT2D eigenvalue weighted by Crippen LogP contribution is 2.32. The average molecular weight is 414 g/mol. The molecule has 2 amide bonds. The minimum atomic E-state index is -1.20. The Kier molecular flexibility index (Phi) is 6.75. The van der Waals surface area contributed by atoms with Crippen molar-refractivity contribution in [3.63, 3.8) is 0 Å². The van der Waals surface area contributed by atoms with Crippen molar-refractivity contribution in [1.29, 1.82) is 0 Å². The maximum atomic E-state index is 12.2. The lowest BCUT2D eigenvalue weighted by Crippen LogP contribution is -2.17. The maximum Gasteiger partial charge on any atom is 0.328 e. The number of rotatable bonds is 7. The van der Waals surface area contributed by atoms with E-state index >= 15 is 0 Å². The van der Waals surface area contributed by atoms with Crippen molar-refractivity contribution in [2.45, 2.75) is 4.90 Å². The topological polar surface area (TPSA) is 114 Å². The number of carboxylic acid groups (broad SMARTS) is 1. The van der Waals surface area contributed by atoms with Gasteiger partial charge < -0.3 is 25.2 Å². The molecule has 8 nitrogen and oxygen atoms in total. The first-order chi connectivity index (χ1) is 14.0. The SMILES string of the molecule is O=C(O)/C=C/C(=O)Nc1cccc(SCC(=O)Nc2ccc3c(c2)OCCO3)c1. The number of carbonyl (C=O) groups excluding carboxylic acids is 2. The summed E-state index contributed by atoms with van der Waals surface area (Å²) in [6.45, 7) is 0.976. The summed E-state index contributed by atoms with van der Waals surface area (Å²) in [4.78, 5) is 35.1. The summed E-state index contributed by atoms with van der Waals surface area (Å²) in [5, 5.41) is 13.9. The lowest BCUT2D eigenvalue weighted by atomic mass is 10.2. The van der Waals surface area contributed by atoms with Crippen LogP contribution in [0.2, 0.25) is 0 Å². The van der Waals surface area contributed by atoms with E-state index in [9.17, 15) is 14.4 Å². The number of aliphatic carboxylic acids is 1. The summed E-state index contributed by atoms with van der Waals surface area (Å²) in [7, 11) is 0. The molecular formula is C20H18N2O6S. The monoisotopic (exact) mass is 414 g/mol. The molecule has 1 aliphatic rings. The predicted molar refractivity (Wildman–Crippen MR) is 109 cm³/mol. The van der Waals surface area contributed by atoms with Crippen LogP contribution in [0.25, 0.3) is 0 Å². The summed E-state index contributed by atoms with van der Waals surface area (Å²) < 4.78 is 10.9. The number of anilines is 2. The van der Waals surface area contributed by atoms with Crippen LogP contribution in [0.5, 0.6) is 11.5 Å². The Hall–Kier alpha value is -3.46. The van der Waals surface area contributed by atoms with Crippen LogP contribution in [0.4, 0.5) is 11.4 Å². The second kappa shape index (κ2) is 9.65.